The summed E-state index contributed by atoms with van der Waals surface area (Å²) in [6, 6.07) is 0. The highest BCUT2D eigenvalue weighted by molar-refractivity contribution is 7.11. The largest absolute Gasteiger partial charge is 0.373 e. The van der Waals surface area contributed by atoms with Crippen LogP contribution in [0.3, 0.4) is 0 Å². The van der Waals surface area contributed by atoms with E-state index in [1.165, 1.54) is 16.9 Å². The molecule has 0 aromatic carbocycles. The third kappa shape index (κ3) is 3.55. The van der Waals surface area contributed by atoms with E-state index < -0.39 is 0 Å². The number of nitrogens with one attached hydrogen (secondary N) is 1. The van der Waals surface area contributed by atoms with Crippen molar-refractivity contribution in [1.29, 1.82) is 0 Å². The third-order valence-corrected chi connectivity index (χ3v) is 6.44. The number of rotatable bonds is 3. The zero-order chi connectivity index (χ0) is 19.0. The average molecular weight is 387 g/mol. The monoisotopic (exact) mass is 386 g/mol. The number of hydrogen-bond acceptors (Lipinski definition) is 7. The first kappa shape index (κ1) is 18.3. The summed E-state index contributed by atoms with van der Waals surface area (Å²) in [6.07, 6.45) is 2.95. The number of carbonyl (C=O) groups excluding carboxylic acids is 1. The number of aryl methyl sites for hydroxylation is 1. The van der Waals surface area contributed by atoms with Crippen LogP contribution in [0.4, 0.5) is 5.82 Å². The molecule has 144 valence electrons. The van der Waals surface area contributed by atoms with Gasteiger partial charge in [-0.05, 0) is 26.8 Å². The van der Waals surface area contributed by atoms with Crippen LogP contribution in [-0.2, 0) is 13.0 Å². The highest BCUT2D eigenvalue weighted by Gasteiger charge is 2.30. The molecule has 27 heavy (non-hydrogen) atoms. The van der Waals surface area contributed by atoms with Gasteiger partial charge in [-0.2, -0.15) is 0 Å². The lowest BCUT2D eigenvalue weighted by molar-refractivity contribution is 0.0708. The molecule has 4 rings (SSSR count). The fourth-order valence-electron chi connectivity index (χ4n) is 3.98. The van der Waals surface area contributed by atoms with Gasteiger partial charge in [0.2, 0.25) is 0 Å². The molecule has 0 radical (unpaired) electrons. The summed E-state index contributed by atoms with van der Waals surface area (Å²) in [6.45, 7) is 5.27. The first-order valence-electron chi connectivity index (χ1n) is 9.52. The Kier molecular flexibility index (Phi) is 5.10. The maximum atomic E-state index is 12.9. The van der Waals surface area contributed by atoms with E-state index in [2.05, 4.69) is 22.2 Å². The number of anilines is 1. The molecule has 1 saturated heterocycles. The molecule has 1 amide bonds. The SMILES string of the molecule is CNc1nc([C@@H]2CCCN(C(=O)c3scnc3C)C2)nc2c1CN(C)CC2. The Morgan fingerprint density at radius 2 is 2.19 bits per heavy atom. The molecule has 4 heterocycles. The summed E-state index contributed by atoms with van der Waals surface area (Å²) in [7, 11) is 4.05. The lowest BCUT2D eigenvalue weighted by atomic mass is 9.96. The molecule has 0 unspecified atom stereocenters. The molecule has 0 spiro atoms. The molecule has 8 heteroatoms. The number of likely N-dealkylation sites (N-methyl/N-ethyl adjacent to an activating group) is 1. The number of carbonyl (C=O) groups is 1. The molecule has 2 aliphatic heterocycles. The minimum Gasteiger partial charge on any atom is -0.373 e. The van der Waals surface area contributed by atoms with E-state index in [9.17, 15) is 4.79 Å². The number of hydrogen-bond donors (Lipinski definition) is 1. The summed E-state index contributed by atoms with van der Waals surface area (Å²) < 4.78 is 0. The normalized spacial score (nSPS) is 20.4. The van der Waals surface area contributed by atoms with E-state index in [4.69, 9.17) is 9.97 Å². The Morgan fingerprint density at radius 3 is 2.93 bits per heavy atom. The van der Waals surface area contributed by atoms with Crippen molar-refractivity contribution in [1.82, 2.24) is 24.8 Å². The van der Waals surface area contributed by atoms with Gasteiger partial charge in [-0.3, -0.25) is 4.79 Å². The fourth-order valence-corrected chi connectivity index (χ4v) is 4.75. The van der Waals surface area contributed by atoms with Crippen LogP contribution in [-0.4, -0.2) is 64.4 Å². The molecule has 1 N–H and O–H groups in total. The van der Waals surface area contributed by atoms with Crippen LogP contribution in [0.25, 0.3) is 0 Å². The first-order valence-corrected chi connectivity index (χ1v) is 10.4. The highest BCUT2D eigenvalue weighted by Crippen LogP contribution is 2.30. The minimum absolute atomic E-state index is 0.0909. The smallest absolute Gasteiger partial charge is 0.265 e. The minimum atomic E-state index is 0.0909. The Labute approximate surface area is 163 Å². The first-order chi connectivity index (χ1) is 13.1. The molecule has 2 aromatic heterocycles. The van der Waals surface area contributed by atoms with Crippen molar-refractivity contribution in [2.75, 3.05) is 39.0 Å². The van der Waals surface area contributed by atoms with Gasteiger partial charge in [-0.25, -0.2) is 15.0 Å². The van der Waals surface area contributed by atoms with Crippen molar-refractivity contribution in [3.8, 4) is 0 Å². The molecule has 0 bridgehead atoms. The van der Waals surface area contributed by atoms with Gasteiger partial charge in [0.15, 0.2) is 0 Å². The van der Waals surface area contributed by atoms with E-state index in [0.717, 1.165) is 66.8 Å². The van der Waals surface area contributed by atoms with Gasteiger partial charge in [0.25, 0.3) is 5.91 Å². The average Bonchev–Trinajstić information content (AvgIpc) is 3.12. The van der Waals surface area contributed by atoms with Gasteiger partial charge >= 0.3 is 0 Å². The van der Waals surface area contributed by atoms with Crippen molar-refractivity contribution < 1.29 is 4.79 Å². The van der Waals surface area contributed by atoms with Crippen molar-refractivity contribution in [2.45, 2.75) is 38.6 Å². The number of amides is 1. The van der Waals surface area contributed by atoms with Gasteiger partial charge in [0, 0.05) is 51.1 Å². The Bertz CT molecular complexity index is 833. The second kappa shape index (κ2) is 7.52. The number of piperidine rings is 1. The summed E-state index contributed by atoms with van der Waals surface area (Å²) in [4.78, 5) is 31.9. The zero-order valence-corrected chi connectivity index (χ0v) is 17.0. The molecule has 0 saturated carbocycles. The van der Waals surface area contributed by atoms with E-state index in [0.29, 0.717) is 6.54 Å². The zero-order valence-electron chi connectivity index (χ0n) is 16.2. The Hall–Kier alpha value is -2.06. The fraction of sp³-hybridized carbons (Fsp3) is 0.579. The third-order valence-electron chi connectivity index (χ3n) is 5.52. The lowest BCUT2D eigenvalue weighted by Crippen LogP contribution is -2.39. The number of likely N-dealkylation sites (tertiary alicyclic amines) is 1. The molecule has 1 atom stereocenters. The summed E-state index contributed by atoms with van der Waals surface area (Å²) >= 11 is 1.42. The second-order valence-corrected chi connectivity index (χ2v) is 8.31. The van der Waals surface area contributed by atoms with Gasteiger partial charge in [0.05, 0.1) is 16.9 Å². The molecular weight excluding hydrogens is 360 g/mol. The summed E-state index contributed by atoms with van der Waals surface area (Å²) in [5.74, 6) is 2.09. The standard InChI is InChI=1S/C19H26N6OS/c1-12-16(27-11-21-12)19(26)25-7-4-5-13(9-25)17-22-15-6-8-24(3)10-14(15)18(20-2)23-17/h11,13H,4-10H2,1-3H3,(H,20,22,23)/t13-/m1/s1. The van der Waals surface area contributed by atoms with Crippen LogP contribution in [0, 0.1) is 6.92 Å². The van der Waals surface area contributed by atoms with Crippen LogP contribution in [0.1, 0.15) is 51.2 Å². The van der Waals surface area contributed by atoms with Crippen molar-refractivity contribution in [3.63, 3.8) is 0 Å². The van der Waals surface area contributed by atoms with Crippen molar-refractivity contribution in [3.05, 3.63) is 33.2 Å². The predicted molar refractivity (Wildman–Crippen MR) is 106 cm³/mol. The van der Waals surface area contributed by atoms with E-state index >= 15 is 0 Å². The Balaban J connectivity index is 1.58. The van der Waals surface area contributed by atoms with E-state index in [1.807, 2.05) is 18.9 Å². The predicted octanol–water partition coefficient (Wildman–Crippen LogP) is 2.29. The van der Waals surface area contributed by atoms with E-state index in [-0.39, 0.29) is 11.8 Å². The molecule has 2 aliphatic rings. The van der Waals surface area contributed by atoms with Gasteiger partial charge in [-0.1, -0.05) is 0 Å². The van der Waals surface area contributed by atoms with E-state index in [1.54, 1.807) is 5.51 Å². The number of nitrogens with zero attached hydrogens (tertiary/aromatic N) is 5. The molecule has 0 aliphatic carbocycles. The van der Waals surface area contributed by atoms with Gasteiger partial charge < -0.3 is 15.1 Å². The number of aromatic nitrogens is 3. The van der Waals surface area contributed by atoms with Crippen LogP contribution in [0.2, 0.25) is 0 Å². The van der Waals surface area contributed by atoms with Gasteiger partial charge in [0.1, 0.15) is 16.5 Å². The van der Waals surface area contributed by atoms with Gasteiger partial charge in [-0.15, -0.1) is 11.3 Å². The lowest BCUT2D eigenvalue weighted by Gasteiger charge is -2.33. The number of fused-ring (bicyclic) bond motifs is 1. The maximum Gasteiger partial charge on any atom is 0.265 e. The molecular formula is C19H26N6OS. The summed E-state index contributed by atoms with van der Waals surface area (Å²) in [5, 5.41) is 3.25. The molecule has 1 fully saturated rings. The summed E-state index contributed by atoms with van der Waals surface area (Å²) in [5.41, 5.74) is 4.93. The van der Waals surface area contributed by atoms with Crippen LogP contribution < -0.4 is 5.32 Å². The molecule has 7 nitrogen and oxygen atoms in total. The Morgan fingerprint density at radius 1 is 1.33 bits per heavy atom. The van der Waals surface area contributed by atoms with Crippen molar-refractivity contribution in [2.24, 2.45) is 0 Å². The number of thiazole rings is 1. The quantitative estimate of drug-likeness (QED) is 0.872. The highest BCUT2D eigenvalue weighted by atomic mass is 32.1. The van der Waals surface area contributed by atoms with Crippen LogP contribution in [0.5, 0.6) is 0 Å². The second-order valence-electron chi connectivity index (χ2n) is 7.45. The van der Waals surface area contributed by atoms with Crippen LogP contribution in [0.15, 0.2) is 5.51 Å². The maximum absolute atomic E-state index is 12.9. The van der Waals surface area contributed by atoms with Crippen molar-refractivity contribution >= 4 is 23.1 Å². The van der Waals surface area contributed by atoms with Crippen LogP contribution >= 0.6 is 11.3 Å². The molecule has 2 aromatic rings. The topological polar surface area (TPSA) is 74.2 Å².